The molecule has 0 amide bonds. The van der Waals surface area contributed by atoms with Gasteiger partial charge in [0.15, 0.2) is 5.11 Å². The van der Waals surface area contributed by atoms with Crippen LogP contribution in [0.5, 0.6) is 0 Å². The van der Waals surface area contributed by atoms with Crippen molar-refractivity contribution in [1.29, 1.82) is 0 Å². The van der Waals surface area contributed by atoms with E-state index in [2.05, 4.69) is 17.3 Å². The Balaban J connectivity index is 1.67. The largest absolute Gasteiger partial charge is 0.360 e. The Morgan fingerprint density at radius 3 is 2.54 bits per heavy atom. The second kappa shape index (κ2) is 3.82. The zero-order valence-electron chi connectivity index (χ0n) is 8.25. The summed E-state index contributed by atoms with van der Waals surface area (Å²) in [5.41, 5.74) is 0. The molecule has 0 atom stereocenters. The van der Waals surface area contributed by atoms with Crippen LogP contribution in [0.3, 0.4) is 0 Å². The van der Waals surface area contributed by atoms with Crippen molar-refractivity contribution in [3.63, 3.8) is 0 Å². The minimum Gasteiger partial charge on any atom is -0.360 e. The van der Waals surface area contributed by atoms with Crippen molar-refractivity contribution in [2.24, 2.45) is 5.92 Å². The molecule has 13 heavy (non-hydrogen) atoms. The predicted octanol–water partition coefficient (Wildman–Crippen LogP) is 1.76. The number of hydrogen-bond acceptors (Lipinski definition) is 1. The highest BCUT2D eigenvalue weighted by Gasteiger charge is 2.24. The van der Waals surface area contributed by atoms with Gasteiger partial charge in [-0.2, -0.15) is 0 Å². The molecule has 0 bridgehead atoms. The standard InChI is InChI=1S/C10H18N2S/c1-12(7-8-3-2-4-8)10(13)11-9-5-6-9/h8-9H,2-7H2,1H3,(H,11,13). The van der Waals surface area contributed by atoms with E-state index in [1.807, 2.05) is 0 Å². The molecule has 2 aliphatic carbocycles. The molecule has 0 aromatic carbocycles. The maximum atomic E-state index is 5.30. The summed E-state index contributed by atoms with van der Waals surface area (Å²) in [5, 5.41) is 4.32. The molecule has 0 spiro atoms. The van der Waals surface area contributed by atoms with E-state index in [1.165, 1.54) is 32.1 Å². The van der Waals surface area contributed by atoms with Gasteiger partial charge in [0.05, 0.1) is 0 Å². The molecule has 0 heterocycles. The van der Waals surface area contributed by atoms with E-state index in [0.29, 0.717) is 6.04 Å². The maximum absolute atomic E-state index is 5.30. The van der Waals surface area contributed by atoms with Crippen LogP contribution in [0.1, 0.15) is 32.1 Å². The van der Waals surface area contributed by atoms with Crippen molar-refractivity contribution in [1.82, 2.24) is 10.2 Å². The summed E-state index contributed by atoms with van der Waals surface area (Å²) < 4.78 is 0. The SMILES string of the molecule is CN(CC1CCC1)C(=S)NC1CC1. The second-order valence-corrected chi connectivity index (χ2v) is 4.79. The number of hydrogen-bond donors (Lipinski definition) is 1. The van der Waals surface area contributed by atoms with Gasteiger partial charge in [-0.25, -0.2) is 0 Å². The van der Waals surface area contributed by atoms with Crippen molar-refractivity contribution in [3.05, 3.63) is 0 Å². The fraction of sp³-hybridized carbons (Fsp3) is 0.900. The van der Waals surface area contributed by atoms with Crippen LogP contribution in [-0.4, -0.2) is 29.6 Å². The summed E-state index contributed by atoms with van der Waals surface area (Å²) in [6, 6.07) is 0.691. The smallest absolute Gasteiger partial charge is 0.168 e. The first-order valence-corrected chi connectivity index (χ1v) is 5.68. The third kappa shape index (κ3) is 2.56. The molecule has 2 saturated carbocycles. The number of thiocarbonyl (C=S) groups is 1. The fourth-order valence-corrected chi connectivity index (χ4v) is 1.90. The van der Waals surface area contributed by atoms with Crippen molar-refractivity contribution < 1.29 is 0 Å². The van der Waals surface area contributed by atoms with Crippen LogP contribution in [-0.2, 0) is 0 Å². The number of nitrogens with zero attached hydrogens (tertiary/aromatic N) is 1. The van der Waals surface area contributed by atoms with E-state index < -0.39 is 0 Å². The summed E-state index contributed by atoms with van der Waals surface area (Å²) >= 11 is 5.30. The average Bonchev–Trinajstić information content (AvgIpc) is 2.79. The summed E-state index contributed by atoms with van der Waals surface area (Å²) in [4.78, 5) is 2.21. The Hall–Kier alpha value is -0.310. The minimum absolute atomic E-state index is 0.691. The van der Waals surface area contributed by atoms with Crippen LogP contribution in [0.25, 0.3) is 0 Å². The fourth-order valence-electron chi connectivity index (χ4n) is 1.66. The average molecular weight is 198 g/mol. The van der Waals surface area contributed by atoms with Crippen molar-refractivity contribution >= 4 is 17.3 Å². The van der Waals surface area contributed by atoms with E-state index in [4.69, 9.17) is 12.2 Å². The summed E-state index contributed by atoms with van der Waals surface area (Å²) in [6.45, 7) is 1.15. The summed E-state index contributed by atoms with van der Waals surface area (Å²) in [5.74, 6) is 0.906. The summed E-state index contributed by atoms with van der Waals surface area (Å²) in [6.07, 6.45) is 6.82. The van der Waals surface area contributed by atoms with Crippen LogP contribution in [0.15, 0.2) is 0 Å². The first-order chi connectivity index (χ1) is 6.25. The van der Waals surface area contributed by atoms with Gasteiger partial charge in [-0.3, -0.25) is 0 Å². The molecule has 0 unspecified atom stereocenters. The Morgan fingerprint density at radius 2 is 2.08 bits per heavy atom. The molecule has 2 aliphatic rings. The monoisotopic (exact) mass is 198 g/mol. The third-order valence-corrected chi connectivity index (χ3v) is 3.44. The molecule has 0 aromatic heterocycles. The maximum Gasteiger partial charge on any atom is 0.168 e. The molecule has 74 valence electrons. The predicted molar refractivity (Wildman–Crippen MR) is 58.7 cm³/mol. The Kier molecular flexibility index (Phi) is 2.72. The van der Waals surface area contributed by atoms with E-state index in [0.717, 1.165) is 17.6 Å². The highest BCUT2D eigenvalue weighted by atomic mass is 32.1. The van der Waals surface area contributed by atoms with Gasteiger partial charge >= 0.3 is 0 Å². The lowest BCUT2D eigenvalue weighted by Gasteiger charge is -2.31. The summed E-state index contributed by atoms with van der Waals surface area (Å²) in [7, 11) is 2.11. The molecule has 2 rings (SSSR count). The lowest BCUT2D eigenvalue weighted by atomic mass is 9.85. The van der Waals surface area contributed by atoms with E-state index in [9.17, 15) is 0 Å². The van der Waals surface area contributed by atoms with E-state index in [1.54, 1.807) is 0 Å². The number of nitrogens with one attached hydrogen (secondary N) is 1. The Labute approximate surface area is 85.7 Å². The Morgan fingerprint density at radius 1 is 1.38 bits per heavy atom. The van der Waals surface area contributed by atoms with Gasteiger partial charge in [0.1, 0.15) is 0 Å². The highest BCUT2D eigenvalue weighted by Crippen LogP contribution is 2.27. The topological polar surface area (TPSA) is 15.3 Å². The van der Waals surface area contributed by atoms with Crippen LogP contribution in [0, 0.1) is 5.92 Å². The molecule has 2 fully saturated rings. The molecule has 1 N–H and O–H groups in total. The molecule has 0 saturated heterocycles. The van der Waals surface area contributed by atoms with Crippen LogP contribution in [0.4, 0.5) is 0 Å². The van der Waals surface area contributed by atoms with Gasteiger partial charge in [-0.1, -0.05) is 6.42 Å². The second-order valence-electron chi connectivity index (χ2n) is 4.40. The molecule has 0 aromatic rings. The van der Waals surface area contributed by atoms with E-state index >= 15 is 0 Å². The molecular formula is C10H18N2S. The van der Waals surface area contributed by atoms with Gasteiger partial charge in [0.2, 0.25) is 0 Å². The quantitative estimate of drug-likeness (QED) is 0.696. The zero-order valence-corrected chi connectivity index (χ0v) is 9.07. The molecule has 2 nitrogen and oxygen atoms in total. The minimum atomic E-state index is 0.691. The number of rotatable bonds is 3. The van der Waals surface area contributed by atoms with Crippen molar-refractivity contribution in [3.8, 4) is 0 Å². The first-order valence-electron chi connectivity index (χ1n) is 5.27. The van der Waals surface area contributed by atoms with Gasteiger partial charge < -0.3 is 10.2 Å². The highest BCUT2D eigenvalue weighted by molar-refractivity contribution is 7.80. The molecule has 3 heteroatoms. The van der Waals surface area contributed by atoms with Gasteiger partial charge in [0, 0.05) is 19.6 Å². The molecule has 0 aliphatic heterocycles. The van der Waals surface area contributed by atoms with Gasteiger partial charge in [-0.15, -0.1) is 0 Å². The van der Waals surface area contributed by atoms with Gasteiger partial charge in [0.25, 0.3) is 0 Å². The lowest BCUT2D eigenvalue weighted by Crippen LogP contribution is -2.41. The normalized spacial score (nSPS) is 22.2. The van der Waals surface area contributed by atoms with Crippen LogP contribution >= 0.6 is 12.2 Å². The van der Waals surface area contributed by atoms with Crippen molar-refractivity contribution in [2.45, 2.75) is 38.1 Å². The van der Waals surface area contributed by atoms with Gasteiger partial charge in [-0.05, 0) is 43.8 Å². The van der Waals surface area contributed by atoms with Crippen LogP contribution < -0.4 is 5.32 Å². The first kappa shape index (κ1) is 9.25. The zero-order chi connectivity index (χ0) is 9.26. The van der Waals surface area contributed by atoms with E-state index in [-0.39, 0.29) is 0 Å². The van der Waals surface area contributed by atoms with Crippen LogP contribution in [0.2, 0.25) is 0 Å². The molecule has 0 radical (unpaired) electrons. The third-order valence-electron chi connectivity index (χ3n) is 3.01. The van der Waals surface area contributed by atoms with Crippen molar-refractivity contribution in [2.75, 3.05) is 13.6 Å². The Bertz CT molecular complexity index is 197. The lowest BCUT2D eigenvalue weighted by molar-refractivity contribution is 0.257. The molecular weight excluding hydrogens is 180 g/mol.